The molecule has 0 aliphatic rings. The molecule has 184 valence electrons. The van der Waals surface area contributed by atoms with E-state index in [2.05, 4.69) is 16.0 Å². The lowest BCUT2D eigenvalue weighted by Gasteiger charge is -2.27. The summed E-state index contributed by atoms with van der Waals surface area (Å²) in [5.74, 6) is -5.88. The molecule has 0 fully saturated rings. The van der Waals surface area contributed by atoms with Crippen molar-refractivity contribution in [2.24, 2.45) is 11.7 Å². The molecule has 13 nitrogen and oxygen atoms in total. The molecule has 0 radical (unpaired) electrons. The van der Waals surface area contributed by atoms with Crippen molar-refractivity contribution >= 4 is 29.7 Å². The van der Waals surface area contributed by atoms with E-state index in [9.17, 15) is 39.3 Å². The van der Waals surface area contributed by atoms with Crippen LogP contribution in [0.1, 0.15) is 47.0 Å². The molecule has 0 bridgehead atoms. The summed E-state index contributed by atoms with van der Waals surface area (Å²) >= 11 is 0. The first kappa shape index (κ1) is 29.2. The van der Waals surface area contributed by atoms with E-state index in [1.165, 1.54) is 13.8 Å². The van der Waals surface area contributed by atoms with Crippen molar-refractivity contribution in [3.63, 3.8) is 0 Å². The topological polar surface area (TPSA) is 228 Å². The number of nitrogens with two attached hydrogens (primary N) is 1. The zero-order chi connectivity index (χ0) is 25.2. The van der Waals surface area contributed by atoms with Crippen molar-refractivity contribution in [2.75, 3.05) is 0 Å². The van der Waals surface area contributed by atoms with E-state index in [4.69, 9.17) is 10.8 Å². The van der Waals surface area contributed by atoms with E-state index in [0.29, 0.717) is 6.42 Å². The molecule has 13 heteroatoms. The monoisotopic (exact) mass is 462 g/mol. The Morgan fingerprint density at radius 2 is 1.34 bits per heavy atom. The van der Waals surface area contributed by atoms with Crippen LogP contribution in [0.25, 0.3) is 0 Å². The smallest absolute Gasteiger partial charge is 0.326 e. The van der Waals surface area contributed by atoms with Crippen LogP contribution in [0.3, 0.4) is 0 Å². The maximum atomic E-state index is 12.7. The number of aliphatic carboxylic acids is 2. The Morgan fingerprint density at radius 3 is 1.75 bits per heavy atom. The summed E-state index contributed by atoms with van der Waals surface area (Å²) in [6.45, 7) is 5.77. The van der Waals surface area contributed by atoms with Gasteiger partial charge in [-0.3, -0.25) is 19.2 Å². The van der Waals surface area contributed by atoms with Crippen LogP contribution in [0.15, 0.2) is 0 Å². The molecule has 0 rings (SSSR count). The summed E-state index contributed by atoms with van der Waals surface area (Å²) in [6.07, 6.45) is -3.13. The Morgan fingerprint density at radius 1 is 0.812 bits per heavy atom. The number of carboxylic acid groups (broad SMARTS) is 2. The van der Waals surface area contributed by atoms with Gasteiger partial charge in [0.15, 0.2) is 0 Å². The Bertz CT molecular complexity index is 684. The molecule has 3 amide bonds. The third-order valence-electron chi connectivity index (χ3n) is 4.94. The van der Waals surface area contributed by atoms with Crippen molar-refractivity contribution in [1.82, 2.24) is 16.0 Å². The average molecular weight is 463 g/mol. The minimum absolute atomic E-state index is 0.368. The quantitative estimate of drug-likeness (QED) is 0.135. The fraction of sp³-hybridized carbons (Fsp3) is 0.737. The summed E-state index contributed by atoms with van der Waals surface area (Å²) in [5, 5.41) is 44.3. The summed E-state index contributed by atoms with van der Waals surface area (Å²) in [5.41, 5.74) is 5.50. The number of nitrogens with one attached hydrogen (secondary N) is 3. The Hall–Kier alpha value is -2.77. The molecular weight excluding hydrogens is 428 g/mol. The number of aliphatic hydroxyl groups is 2. The highest BCUT2D eigenvalue weighted by Gasteiger charge is 2.34. The largest absolute Gasteiger partial charge is 0.481 e. The second kappa shape index (κ2) is 13.6. The van der Waals surface area contributed by atoms with E-state index >= 15 is 0 Å². The minimum Gasteiger partial charge on any atom is -0.481 e. The SMILES string of the molecule is CCC(C)C(NC(=O)C(CCC(=O)O)NC(=O)C(NC(=O)C(N)C(C)O)C(C)O)C(=O)O. The van der Waals surface area contributed by atoms with E-state index in [0.717, 1.165) is 0 Å². The number of amides is 3. The number of carbonyl (C=O) groups excluding carboxylic acids is 3. The van der Waals surface area contributed by atoms with Crippen LogP contribution < -0.4 is 21.7 Å². The molecule has 0 saturated carbocycles. The molecule has 0 aromatic carbocycles. The van der Waals surface area contributed by atoms with Gasteiger partial charge in [-0.05, 0) is 26.2 Å². The van der Waals surface area contributed by atoms with Gasteiger partial charge in [0.05, 0.1) is 12.2 Å². The highest BCUT2D eigenvalue weighted by molar-refractivity contribution is 5.94. The Labute approximate surface area is 185 Å². The Kier molecular flexibility index (Phi) is 12.4. The first-order valence-corrected chi connectivity index (χ1v) is 10.2. The normalized spacial score (nSPS) is 17.6. The van der Waals surface area contributed by atoms with Crippen LogP contribution in [0, 0.1) is 5.92 Å². The molecule has 0 aromatic rings. The van der Waals surface area contributed by atoms with Gasteiger partial charge in [0, 0.05) is 6.42 Å². The molecule has 0 spiro atoms. The van der Waals surface area contributed by atoms with Gasteiger partial charge in [0.2, 0.25) is 17.7 Å². The van der Waals surface area contributed by atoms with E-state index in [1.54, 1.807) is 13.8 Å². The fourth-order valence-electron chi connectivity index (χ4n) is 2.61. The van der Waals surface area contributed by atoms with Crippen LogP contribution in [0.4, 0.5) is 0 Å². The van der Waals surface area contributed by atoms with Gasteiger partial charge in [-0.25, -0.2) is 4.79 Å². The van der Waals surface area contributed by atoms with Crippen molar-refractivity contribution < 1.29 is 44.4 Å². The van der Waals surface area contributed by atoms with Gasteiger partial charge < -0.3 is 42.1 Å². The standard InChI is InChI=1S/C19H34N4O9/c1-5-8(2)14(19(31)32)22-16(28)11(6-7-12(26)27)21-18(30)15(10(4)25)23-17(29)13(20)9(3)24/h8-11,13-15,24-25H,5-7,20H2,1-4H3,(H,21,30)(H,22,28)(H,23,29)(H,26,27)(H,31,32). The lowest BCUT2D eigenvalue weighted by Crippen LogP contribution is -2.61. The summed E-state index contributed by atoms with van der Waals surface area (Å²) < 4.78 is 0. The van der Waals surface area contributed by atoms with Gasteiger partial charge in [-0.1, -0.05) is 20.3 Å². The van der Waals surface area contributed by atoms with Gasteiger partial charge in [-0.15, -0.1) is 0 Å². The number of aliphatic hydroxyl groups excluding tert-OH is 2. The molecule has 7 unspecified atom stereocenters. The third-order valence-corrected chi connectivity index (χ3v) is 4.94. The van der Waals surface area contributed by atoms with Gasteiger partial charge in [0.1, 0.15) is 24.2 Å². The van der Waals surface area contributed by atoms with Gasteiger partial charge >= 0.3 is 11.9 Å². The van der Waals surface area contributed by atoms with Crippen LogP contribution in [-0.4, -0.2) is 86.5 Å². The molecule has 0 aliphatic heterocycles. The first-order chi connectivity index (χ1) is 14.7. The first-order valence-electron chi connectivity index (χ1n) is 10.2. The van der Waals surface area contributed by atoms with Gasteiger partial charge in [0.25, 0.3) is 0 Å². The van der Waals surface area contributed by atoms with Crippen molar-refractivity contribution in [1.29, 1.82) is 0 Å². The second-order valence-corrected chi connectivity index (χ2v) is 7.70. The van der Waals surface area contributed by atoms with E-state index in [1.807, 2.05) is 0 Å². The predicted molar refractivity (Wildman–Crippen MR) is 111 cm³/mol. The number of carbonyl (C=O) groups is 5. The number of rotatable bonds is 14. The highest BCUT2D eigenvalue weighted by atomic mass is 16.4. The van der Waals surface area contributed by atoms with Crippen LogP contribution in [0.5, 0.6) is 0 Å². The van der Waals surface area contributed by atoms with E-state index < -0.39 is 78.4 Å². The number of carboxylic acids is 2. The average Bonchev–Trinajstić information content (AvgIpc) is 2.70. The molecule has 7 atom stereocenters. The predicted octanol–water partition coefficient (Wildman–Crippen LogP) is -2.47. The summed E-state index contributed by atoms with van der Waals surface area (Å²) in [7, 11) is 0. The number of hydrogen-bond acceptors (Lipinski definition) is 8. The second-order valence-electron chi connectivity index (χ2n) is 7.70. The molecule has 0 aliphatic carbocycles. The summed E-state index contributed by atoms with van der Waals surface area (Å²) in [6, 6.07) is -5.68. The molecule has 9 N–H and O–H groups in total. The molecule has 32 heavy (non-hydrogen) atoms. The van der Waals surface area contributed by atoms with Gasteiger partial charge in [-0.2, -0.15) is 0 Å². The van der Waals surface area contributed by atoms with Crippen molar-refractivity contribution in [2.45, 2.75) is 83.3 Å². The van der Waals surface area contributed by atoms with Crippen LogP contribution >= 0.6 is 0 Å². The number of hydrogen-bond donors (Lipinski definition) is 8. The lowest BCUT2D eigenvalue weighted by molar-refractivity contribution is -0.144. The summed E-state index contributed by atoms with van der Waals surface area (Å²) in [4.78, 5) is 59.8. The molecular formula is C19H34N4O9. The van der Waals surface area contributed by atoms with Crippen LogP contribution in [0.2, 0.25) is 0 Å². The molecule has 0 heterocycles. The minimum atomic E-state index is -1.57. The Balaban J connectivity index is 5.57. The zero-order valence-electron chi connectivity index (χ0n) is 18.6. The highest BCUT2D eigenvalue weighted by Crippen LogP contribution is 2.10. The molecule has 0 aromatic heterocycles. The lowest BCUT2D eigenvalue weighted by atomic mass is 9.98. The zero-order valence-corrected chi connectivity index (χ0v) is 18.6. The molecule has 0 saturated heterocycles. The maximum Gasteiger partial charge on any atom is 0.326 e. The van der Waals surface area contributed by atoms with Crippen LogP contribution in [-0.2, 0) is 24.0 Å². The van der Waals surface area contributed by atoms with E-state index in [-0.39, 0.29) is 6.42 Å². The van der Waals surface area contributed by atoms with Crippen molar-refractivity contribution in [3.8, 4) is 0 Å². The van der Waals surface area contributed by atoms with Crippen molar-refractivity contribution in [3.05, 3.63) is 0 Å². The maximum absolute atomic E-state index is 12.7. The fourth-order valence-corrected chi connectivity index (χ4v) is 2.61. The third kappa shape index (κ3) is 9.58.